The Hall–Kier alpha value is -3.11. The van der Waals surface area contributed by atoms with Crippen molar-refractivity contribution in [3.63, 3.8) is 0 Å². The molecule has 3 aromatic carbocycles. The number of rotatable bonds is 7. The molecule has 0 atom stereocenters. The lowest BCUT2D eigenvalue weighted by Gasteiger charge is -2.28. The number of carbonyl (C=O) groups excluding carboxylic acids is 1. The van der Waals surface area contributed by atoms with Gasteiger partial charge in [0.2, 0.25) is 10.0 Å². The lowest BCUT2D eigenvalue weighted by atomic mass is 10.0. The number of nitrogens with zero attached hydrogens (tertiary/aromatic N) is 4. The van der Waals surface area contributed by atoms with Gasteiger partial charge in [0.1, 0.15) is 0 Å². The van der Waals surface area contributed by atoms with Crippen LogP contribution < -0.4 is 4.90 Å². The van der Waals surface area contributed by atoms with Gasteiger partial charge in [-0.25, -0.2) is 13.4 Å². The Morgan fingerprint density at radius 2 is 1.71 bits per heavy atom. The maximum atomic E-state index is 13.7. The summed E-state index contributed by atoms with van der Waals surface area (Å²) in [7, 11) is 0.255. The van der Waals surface area contributed by atoms with Gasteiger partial charge >= 0.3 is 0 Å². The number of amides is 1. The minimum Gasteiger partial charge on any atom is -0.308 e. The summed E-state index contributed by atoms with van der Waals surface area (Å²) in [6.45, 7) is 6.03. The Balaban J connectivity index is 1.41. The summed E-state index contributed by atoms with van der Waals surface area (Å²) in [5.74, 6) is -0.198. The number of likely N-dealkylation sites (N-methyl/N-ethyl adjacent to an activating group) is 1. The van der Waals surface area contributed by atoms with Crippen LogP contribution in [0.25, 0.3) is 10.2 Å². The molecule has 0 saturated heterocycles. The first kappa shape index (κ1) is 26.5. The van der Waals surface area contributed by atoms with Crippen molar-refractivity contribution in [3.8, 4) is 0 Å². The van der Waals surface area contributed by atoms with Gasteiger partial charge in [0.15, 0.2) is 5.13 Å². The minimum atomic E-state index is -3.68. The summed E-state index contributed by atoms with van der Waals surface area (Å²) in [5, 5.41) is 0.643. The molecule has 0 aliphatic carbocycles. The lowest BCUT2D eigenvalue weighted by molar-refractivity contribution is 0.0985. The fourth-order valence-corrected chi connectivity index (χ4v) is 7.27. The Morgan fingerprint density at radius 1 is 1.00 bits per heavy atom. The molecule has 0 unspecified atom stereocenters. The number of aromatic nitrogens is 1. The molecule has 5 rings (SSSR count). The predicted octanol–water partition coefficient (Wildman–Crippen LogP) is 4.87. The molecule has 4 aromatic rings. The SMILES string of the molecule is Cc1cc(C)c2sc(N(CCN(C)C)C(=O)c3ccc(S(=O)(=O)N4CCc5ccccc5C4)cc3)nc2c1. The third-order valence-corrected chi connectivity index (χ3v) is 9.98. The first-order chi connectivity index (χ1) is 18.1. The second kappa shape index (κ2) is 10.6. The fourth-order valence-electron chi connectivity index (χ4n) is 4.81. The highest BCUT2D eigenvalue weighted by molar-refractivity contribution is 7.89. The quantitative estimate of drug-likeness (QED) is 0.330. The van der Waals surface area contributed by atoms with Crippen molar-refractivity contribution in [2.45, 2.75) is 31.7 Å². The zero-order valence-corrected chi connectivity index (χ0v) is 23.8. The maximum Gasteiger partial charge on any atom is 0.260 e. The third kappa shape index (κ3) is 5.24. The van der Waals surface area contributed by atoms with E-state index in [2.05, 4.69) is 19.1 Å². The molecule has 0 spiro atoms. The Bertz CT molecular complexity index is 1590. The molecule has 1 amide bonds. The topological polar surface area (TPSA) is 73.8 Å². The number of anilines is 1. The number of benzene rings is 3. The van der Waals surface area contributed by atoms with Crippen LogP contribution in [-0.2, 0) is 23.0 Å². The van der Waals surface area contributed by atoms with Gasteiger partial charge in [-0.15, -0.1) is 0 Å². The van der Waals surface area contributed by atoms with E-state index in [4.69, 9.17) is 4.98 Å². The molecule has 38 heavy (non-hydrogen) atoms. The zero-order valence-electron chi connectivity index (χ0n) is 22.1. The number of hydrogen-bond acceptors (Lipinski definition) is 6. The molecule has 0 N–H and O–H groups in total. The number of aryl methyl sites for hydroxylation is 2. The van der Waals surface area contributed by atoms with Crippen LogP contribution in [0.15, 0.2) is 65.6 Å². The third-order valence-electron chi connectivity index (χ3n) is 6.89. The zero-order chi connectivity index (χ0) is 27.0. The van der Waals surface area contributed by atoms with Gasteiger partial charge in [0.25, 0.3) is 5.91 Å². The predicted molar refractivity (Wildman–Crippen MR) is 154 cm³/mol. The van der Waals surface area contributed by atoms with Crippen molar-refractivity contribution in [2.75, 3.05) is 38.6 Å². The van der Waals surface area contributed by atoms with Crippen LogP contribution in [0.4, 0.5) is 5.13 Å². The average molecular weight is 549 g/mol. The maximum absolute atomic E-state index is 13.7. The first-order valence-corrected chi connectivity index (χ1v) is 14.9. The average Bonchev–Trinajstić information content (AvgIpc) is 3.32. The molecule has 0 fully saturated rings. The van der Waals surface area contributed by atoms with Gasteiger partial charge in [-0.2, -0.15) is 4.31 Å². The van der Waals surface area contributed by atoms with Gasteiger partial charge in [0.05, 0.1) is 15.1 Å². The number of carbonyl (C=O) groups is 1. The second-order valence-electron chi connectivity index (χ2n) is 10.1. The summed E-state index contributed by atoms with van der Waals surface area (Å²) < 4.78 is 29.4. The molecule has 1 aromatic heterocycles. The van der Waals surface area contributed by atoms with E-state index in [0.29, 0.717) is 43.3 Å². The van der Waals surface area contributed by atoms with Crippen LogP contribution >= 0.6 is 11.3 Å². The molecule has 2 heterocycles. The molecule has 1 aliphatic heterocycles. The highest BCUT2D eigenvalue weighted by Gasteiger charge is 2.29. The van der Waals surface area contributed by atoms with E-state index in [1.54, 1.807) is 29.2 Å². The molecule has 0 saturated carbocycles. The normalized spacial score (nSPS) is 14.1. The monoisotopic (exact) mass is 548 g/mol. The van der Waals surface area contributed by atoms with E-state index in [-0.39, 0.29) is 10.8 Å². The lowest BCUT2D eigenvalue weighted by Crippen LogP contribution is -2.37. The molecule has 7 nitrogen and oxygen atoms in total. The van der Waals surface area contributed by atoms with Gasteiger partial charge < -0.3 is 4.90 Å². The summed E-state index contributed by atoms with van der Waals surface area (Å²) in [4.78, 5) is 22.4. The molecule has 198 valence electrons. The van der Waals surface area contributed by atoms with E-state index in [1.165, 1.54) is 21.2 Å². The fraction of sp³-hybridized carbons (Fsp3) is 0.310. The number of sulfonamides is 1. The Kier molecular flexibility index (Phi) is 7.37. The number of fused-ring (bicyclic) bond motifs is 2. The molecule has 9 heteroatoms. The van der Waals surface area contributed by atoms with Crippen LogP contribution in [0.1, 0.15) is 32.6 Å². The summed E-state index contributed by atoms with van der Waals surface area (Å²) in [6, 6.07) is 18.4. The van der Waals surface area contributed by atoms with Crippen LogP contribution in [0.2, 0.25) is 0 Å². The molecule has 0 bridgehead atoms. The smallest absolute Gasteiger partial charge is 0.260 e. The summed E-state index contributed by atoms with van der Waals surface area (Å²) in [6.07, 6.45) is 0.688. The van der Waals surface area contributed by atoms with Crippen molar-refractivity contribution in [3.05, 3.63) is 88.5 Å². The van der Waals surface area contributed by atoms with Crippen LogP contribution in [0.3, 0.4) is 0 Å². The van der Waals surface area contributed by atoms with Crippen LogP contribution in [-0.4, -0.2) is 62.2 Å². The van der Waals surface area contributed by atoms with Gasteiger partial charge in [0, 0.05) is 31.7 Å². The van der Waals surface area contributed by atoms with E-state index in [9.17, 15) is 13.2 Å². The Morgan fingerprint density at radius 3 is 2.42 bits per heavy atom. The standard InChI is InChI=1S/C29H32N4O3S2/c1-20-17-21(2)27-26(18-20)30-29(37-27)33(16-15-31(3)4)28(34)23-9-11-25(12-10-23)38(35,36)32-14-13-22-7-5-6-8-24(22)19-32/h5-12,17-18H,13-16,19H2,1-4H3. The minimum absolute atomic E-state index is 0.194. The molecular weight excluding hydrogens is 516 g/mol. The summed E-state index contributed by atoms with van der Waals surface area (Å²) >= 11 is 1.51. The van der Waals surface area contributed by atoms with E-state index in [0.717, 1.165) is 26.9 Å². The molecular formula is C29H32N4O3S2. The highest BCUT2D eigenvalue weighted by Crippen LogP contribution is 2.33. The molecule has 1 aliphatic rings. The summed E-state index contributed by atoms with van der Waals surface area (Å²) in [5.41, 5.74) is 5.81. The highest BCUT2D eigenvalue weighted by atomic mass is 32.2. The van der Waals surface area contributed by atoms with Crippen molar-refractivity contribution in [1.82, 2.24) is 14.2 Å². The first-order valence-electron chi connectivity index (χ1n) is 12.6. The number of thiazole rings is 1. The van der Waals surface area contributed by atoms with Crippen molar-refractivity contribution in [1.29, 1.82) is 0 Å². The van der Waals surface area contributed by atoms with Crippen LogP contribution in [0.5, 0.6) is 0 Å². The van der Waals surface area contributed by atoms with Crippen molar-refractivity contribution in [2.24, 2.45) is 0 Å². The largest absolute Gasteiger partial charge is 0.308 e. The number of hydrogen-bond donors (Lipinski definition) is 0. The Labute approximate surface area is 228 Å². The van der Waals surface area contributed by atoms with E-state index >= 15 is 0 Å². The molecule has 0 radical (unpaired) electrons. The van der Waals surface area contributed by atoms with Gasteiger partial charge in [-0.1, -0.05) is 41.7 Å². The second-order valence-corrected chi connectivity index (χ2v) is 13.0. The van der Waals surface area contributed by atoms with Gasteiger partial charge in [-0.05, 0) is 86.9 Å². The van der Waals surface area contributed by atoms with Gasteiger partial charge in [-0.3, -0.25) is 9.69 Å². The van der Waals surface area contributed by atoms with Crippen LogP contribution in [0, 0.1) is 13.8 Å². The van der Waals surface area contributed by atoms with E-state index < -0.39 is 10.0 Å². The van der Waals surface area contributed by atoms with E-state index in [1.807, 2.05) is 50.2 Å². The van der Waals surface area contributed by atoms with Crippen molar-refractivity contribution >= 4 is 42.6 Å². The van der Waals surface area contributed by atoms with Crippen molar-refractivity contribution < 1.29 is 13.2 Å².